The zero-order chi connectivity index (χ0) is 43.3. The van der Waals surface area contributed by atoms with Gasteiger partial charge in [-0.2, -0.15) is 0 Å². The van der Waals surface area contributed by atoms with Crippen LogP contribution in [0.4, 0.5) is 34.1 Å². The van der Waals surface area contributed by atoms with Gasteiger partial charge in [-0.05, 0) is 143 Å². The Hall–Kier alpha value is -8.86. The molecule has 0 amide bonds. The Morgan fingerprint density at radius 2 is 0.712 bits per heavy atom. The van der Waals surface area contributed by atoms with Gasteiger partial charge in [0, 0.05) is 72.1 Å². The molecule has 0 atom stereocenters. The number of fused-ring (bicyclic) bond motifs is 12. The van der Waals surface area contributed by atoms with Gasteiger partial charge in [0.2, 0.25) is 0 Å². The highest BCUT2D eigenvalue weighted by molar-refractivity contribution is 6.37. The lowest BCUT2D eigenvalue weighted by Crippen LogP contribution is -2.09. The highest BCUT2D eigenvalue weighted by Gasteiger charge is 2.25. The number of aromatic nitrogens is 2. The molecule has 0 saturated heterocycles. The largest absolute Gasteiger partial charge is 0.310 e. The monoisotopic (exact) mass is 840 g/mol. The molecule has 66 heavy (non-hydrogen) atoms. The minimum absolute atomic E-state index is 1.12. The molecule has 11 aromatic carbocycles. The summed E-state index contributed by atoms with van der Waals surface area (Å²) in [6, 6.07) is 88.5. The summed E-state index contributed by atoms with van der Waals surface area (Å²) >= 11 is 0. The van der Waals surface area contributed by atoms with Crippen LogP contribution in [0.25, 0.3) is 87.1 Å². The fourth-order valence-corrected chi connectivity index (χ4v) is 10.9. The maximum atomic E-state index is 2.56. The van der Waals surface area contributed by atoms with Crippen molar-refractivity contribution in [1.82, 2.24) is 8.97 Å². The molecular weight excluding hydrogens is 801 g/mol. The first kappa shape index (κ1) is 36.6. The normalized spacial score (nSPS) is 11.9. The minimum Gasteiger partial charge on any atom is -0.310 e. The minimum atomic E-state index is 1.12. The molecule has 0 aliphatic rings. The SMILES string of the molecule is c1ccc(N(c2ccccc2)c2ccc3cc4c(cc3c2)c2cc3c(c5ccccc5n3-c3ccccc3)c3c5cc6cc(N(c7ccccc7)c7ccccc7)ccc6cc5n4c23)cc1. The molecule has 4 nitrogen and oxygen atoms in total. The van der Waals surface area contributed by atoms with Gasteiger partial charge in [-0.3, -0.25) is 0 Å². The van der Waals surface area contributed by atoms with Crippen LogP contribution in [0.15, 0.2) is 243 Å². The average molecular weight is 841 g/mol. The van der Waals surface area contributed by atoms with Crippen LogP contribution in [0.5, 0.6) is 0 Å². The lowest BCUT2D eigenvalue weighted by atomic mass is 9.99. The molecule has 0 saturated carbocycles. The summed E-state index contributed by atoms with van der Waals surface area (Å²) in [5.74, 6) is 0. The van der Waals surface area contributed by atoms with Crippen LogP contribution < -0.4 is 9.80 Å². The molecule has 0 fully saturated rings. The third kappa shape index (κ3) is 5.45. The second-order valence-electron chi connectivity index (χ2n) is 17.4. The van der Waals surface area contributed by atoms with Gasteiger partial charge in [-0.1, -0.05) is 121 Å². The topological polar surface area (TPSA) is 15.8 Å². The van der Waals surface area contributed by atoms with Crippen molar-refractivity contribution in [3.63, 3.8) is 0 Å². The van der Waals surface area contributed by atoms with E-state index in [-0.39, 0.29) is 0 Å². The van der Waals surface area contributed by atoms with Gasteiger partial charge in [0.25, 0.3) is 0 Å². The molecule has 3 aromatic heterocycles. The van der Waals surface area contributed by atoms with Crippen LogP contribution in [0, 0.1) is 0 Å². The predicted molar refractivity (Wildman–Crippen MR) is 280 cm³/mol. The zero-order valence-electron chi connectivity index (χ0n) is 35.9. The van der Waals surface area contributed by atoms with E-state index in [0.29, 0.717) is 0 Å². The highest BCUT2D eigenvalue weighted by atomic mass is 15.1. The Balaban J connectivity index is 1.08. The summed E-state index contributed by atoms with van der Waals surface area (Å²) in [6.45, 7) is 0. The number of hydrogen-bond acceptors (Lipinski definition) is 2. The van der Waals surface area contributed by atoms with Crippen molar-refractivity contribution < 1.29 is 0 Å². The molecule has 3 heterocycles. The number of benzene rings is 11. The molecule has 308 valence electrons. The third-order valence-corrected chi connectivity index (χ3v) is 13.7. The van der Waals surface area contributed by atoms with Crippen LogP contribution in [0.3, 0.4) is 0 Å². The lowest BCUT2D eigenvalue weighted by Gasteiger charge is -2.25. The third-order valence-electron chi connectivity index (χ3n) is 13.7. The van der Waals surface area contributed by atoms with Crippen molar-refractivity contribution in [2.45, 2.75) is 0 Å². The number of para-hydroxylation sites is 6. The zero-order valence-corrected chi connectivity index (χ0v) is 35.9. The van der Waals surface area contributed by atoms with Gasteiger partial charge < -0.3 is 18.8 Å². The molecule has 4 heteroatoms. The summed E-state index contributed by atoms with van der Waals surface area (Å²) in [4.78, 5) is 4.70. The van der Waals surface area contributed by atoms with E-state index in [1.54, 1.807) is 0 Å². The molecule has 0 bridgehead atoms. The maximum Gasteiger partial charge on any atom is 0.0628 e. The Kier molecular flexibility index (Phi) is 7.95. The molecule has 0 spiro atoms. The Morgan fingerprint density at radius 1 is 0.258 bits per heavy atom. The van der Waals surface area contributed by atoms with Crippen LogP contribution in [-0.4, -0.2) is 8.97 Å². The highest BCUT2D eigenvalue weighted by Crippen LogP contribution is 2.49. The summed E-state index contributed by atoms with van der Waals surface area (Å²) in [6.07, 6.45) is 0. The van der Waals surface area contributed by atoms with Crippen LogP contribution >= 0.6 is 0 Å². The van der Waals surface area contributed by atoms with E-state index >= 15 is 0 Å². The van der Waals surface area contributed by atoms with Crippen molar-refractivity contribution in [2.75, 3.05) is 9.80 Å². The first-order valence-corrected chi connectivity index (χ1v) is 22.7. The van der Waals surface area contributed by atoms with Crippen molar-refractivity contribution in [3.8, 4) is 5.69 Å². The van der Waals surface area contributed by atoms with E-state index in [9.17, 15) is 0 Å². The first-order valence-electron chi connectivity index (χ1n) is 22.7. The standard InChI is InChI=1S/C62H40N4/c1-6-18-45(19-7-1)63(46-20-8-2-9-21-46)50-32-30-41-38-57-53(36-43(41)34-50)54-40-59-60(52-28-16-17-29-56(52)65(59)49-26-14-5-15-27-49)61-55-37-44-35-51(33-31-42(44)39-58(55)66(57)62(54)61)64(47-22-10-3-11-23-47)48-24-12-4-13-25-48/h1-40H. The molecule has 0 radical (unpaired) electrons. The van der Waals surface area contributed by atoms with E-state index in [1.807, 2.05) is 0 Å². The predicted octanol–water partition coefficient (Wildman–Crippen LogP) is 17.2. The molecule has 14 aromatic rings. The molecule has 0 aliphatic carbocycles. The van der Waals surface area contributed by atoms with Gasteiger partial charge in [0.05, 0.1) is 27.6 Å². The van der Waals surface area contributed by atoms with E-state index in [4.69, 9.17) is 0 Å². The van der Waals surface area contributed by atoms with Gasteiger partial charge >= 0.3 is 0 Å². The lowest BCUT2D eigenvalue weighted by molar-refractivity contribution is 1.18. The van der Waals surface area contributed by atoms with Gasteiger partial charge in [-0.15, -0.1) is 0 Å². The molecule has 0 aliphatic heterocycles. The molecule has 0 N–H and O–H groups in total. The first-order chi connectivity index (χ1) is 32.7. The number of hydrogen-bond donors (Lipinski definition) is 0. The Morgan fingerprint density at radius 3 is 1.24 bits per heavy atom. The van der Waals surface area contributed by atoms with Crippen LogP contribution in [-0.2, 0) is 0 Å². The molecule has 14 rings (SSSR count). The van der Waals surface area contributed by atoms with Gasteiger partial charge in [0.15, 0.2) is 0 Å². The Bertz CT molecular complexity index is 4060. The number of rotatable bonds is 7. The molecule has 0 unspecified atom stereocenters. The van der Waals surface area contributed by atoms with Crippen LogP contribution in [0.2, 0.25) is 0 Å². The van der Waals surface area contributed by atoms with Crippen molar-refractivity contribution in [2.24, 2.45) is 0 Å². The second-order valence-corrected chi connectivity index (χ2v) is 17.4. The molecular formula is C62H40N4. The summed E-state index contributed by atoms with van der Waals surface area (Å²) in [5.41, 5.74) is 14.0. The second kappa shape index (κ2) is 14.3. The van der Waals surface area contributed by atoms with Gasteiger partial charge in [-0.25, -0.2) is 0 Å². The van der Waals surface area contributed by atoms with Crippen LogP contribution in [0.1, 0.15) is 0 Å². The van der Waals surface area contributed by atoms with E-state index in [2.05, 4.69) is 261 Å². The van der Waals surface area contributed by atoms with E-state index in [0.717, 1.165) is 39.8 Å². The summed E-state index contributed by atoms with van der Waals surface area (Å²) < 4.78 is 5.03. The van der Waals surface area contributed by atoms with E-state index < -0.39 is 0 Å². The van der Waals surface area contributed by atoms with E-state index in [1.165, 1.54) is 81.4 Å². The maximum absolute atomic E-state index is 2.56. The smallest absolute Gasteiger partial charge is 0.0628 e. The van der Waals surface area contributed by atoms with Gasteiger partial charge in [0.1, 0.15) is 0 Å². The van der Waals surface area contributed by atoms with Crippen molar-refractivity contribution in [3.05, 3.63) is 243 Å². The summed E-state index contributed by atoms with van der Waals surface area (Å²) in [5, 5.41) is 12.4. The van der Waals surface area contributed by atoms with Crippen molar-refractivity contribution >= 4 is 116 Å². The number of anilines is 6. The fourth-order valence-electron chi connectivity index (χ4n) is 10.9. The van der Waals surface area contributed by atoms with Crippen molar-refractivity contribution in [1.29, 1.82) is 0 Å². The fraction of sp³-hybridized carbons (Fsp3) is 0. The summed E-state index contributed by atoms with van der Waals surface area (Å²) in [7, 11) is 0. The quantitative estimate of drug-likeness (QED) is 0.159. The Labute approximate surface area is 381 Å². The average Bonchev–Trinajstić information content (AvgIpc) is 4.00. The number of nitrogens with zero attached hydrogens (tertiary/aromatic N) is 4.